The van der Waals surface area contributed by atoms with Gasteiger partial charge in [-0.2, -0.15) is 13.2 Å². The van der Waals surface area contributed by atoms with Gasteiger partial charge in [-0.25, -0.2) is 0 Å². The van der Waals surface area contributed by atoms with Gasteiger partial charge in [-0.3, -0.25) is 0 Å². The summed E-state index contributed by atoms with van der Waals surface area (Å²) in [4.78, 5) is 0. The predicted molar refractivity (Wildman–Crippen MR) is 183 cm³/mol. The van der Waals surface area contributed by atoms with Crippen molar-refractivity contribution < 1.29 is 13.2 Å². The quantitative estimate of drug-likeness (QED) is 0.220. The Balaban J connectivity index is 2.25. The molecule has 44 heavy (non-hydrogen) atoms. The normalized spacial score (nSPS) is 13.3. The van der Waals surface area contributed by atoms with Crippen LogP contribution in [0.4, 0.5) is 13.2 Å². The molecular weight excluding hydrogens is 549 g/mol. The van der Waals surface area contributed by atoms with Gasteiger partial charge in [-0.05, 0) is 89.4 Å². The molecule has 0 aromatic heterocycles. The Kier molecular flexibility index (Phi) is 8.57. The topological polar surface area (TPSA) is 0 Å². The smallest absolute Gasteiger partial charge is 0.166 e. The van der Waals surface area contributed by atoms with Crippen LogP contribution in [-0.4, -0.2) is 0 Å². The zero-order chi connectivity index (χ0) is 33.0. The van der Waals surface area contributed by atoms with E-state index in [0.29, 0.717) is 11.1 Å². The van der Waals surface area contributed by atoms with Crippen LogP contribution < -0.4 is 0 Å². The minimum atomic E-state index is -4.51. The largest absolute Gasteiger partial charge is 0.416 e. The van der Waals surface area contributed by atoms with Crippen molar-refractivity contribution in [1.29, 1.82) is 0 Å². The Hall–Kier alpha value is -3.33. The standard InChI is InChI=1S/C41H49F3/c1-37(2,3)29-18-27(19-30(22-29)38(4,5)6)34-24-33(41(42,43)44)25-35(36(34)26-16-14-13-15-17-26)28-20-31(39(7,8)9)23-32(21-28)40(10,11)12/h13-25H,1-12H3. The van der Waals surface area contributed by atoms with Gasteiger partial charge in [0.15, 0.2) is 0 Å². The van der Waals surface area contributed by atoms with Crippen LogP contribution in [0.3, 0.4) is 0 Å². The highest BCUT2D eigenvalue weighted by Crippen LogP contribution is 2.47. The van der Waals surface area contributed by atoms with Crippen molar-refractivity contribution in [3.8, 4) is 33.4 Å². The summed E-state index contributed by atoms with van der Waals surface area (Å²) < 4.78 is 44.4. The van der Waals surface area contributed by atoms with Gasteiger partial charge >= 0.3 is 6.18 Å². The number of rotatable bonds is 3. The van der Waals surface area contributed by atoms with Gasteiger partial charge in [0.25, 0.3) is 0 Å². The van der Waals surface area contributed by atoms with Crippen LogP contribution in [0, 0.1) is 0 Å². The second-order valence-corrected chi connectivity index (χ2v) is 16.4. The summed E-state index contributed by atoms with van der Waals surface area (Å²) in [6, 6.07) is 25.4. The predicted octanol–water partition coefficient (Wildman–Crippen LogP) is 12.9. The van der Waals surface area contributed by atoms with E-state index in [1.165, 1.54) is 12.1 Å². The summed E-state index contributed by atoms with van der Waals surface area (Å²) in [6.07, 6.45) is -4.51. The molecule has 0 spiro atoms. The summed E-state index contributed by atoms with van der Waals surface area (Å²) in [6.45, 7) is 25.8. The van der Waals surface area contributed by atoms with Gasteiger partial charge in [0.1, 0.15) is 0 Å². The SMILES string of the molecule is CC(C)(C)c1cc(-c2cc(C(F)(F)F)cc(-c3cc(C(C)(C)C)cc(C(C)(C)C)c3)c2-c2ccccc2)cc(C(C)(C)C)c1. The molecule has 0 saturated carbocycles. The second kappa shape index (κ2) is 11.2. The Labute approximate surface area is 263 Å². The van der Waals surface area contributed by atoms with Crippen molar-refractivity contribution >= 4 is 0 Å². The first-order valence-corrected chi connectivity index (χ1v) is 15.6. The van der Waals surface area contributed by atoms with Crippen LogP contribution in [0.15, 0.2) is 78.9 Å². The lowest BCUT2D eigenvalue weighted by molar-refractivity contribution is -0.137. The average Bonchev–Trinajstić information content (AvgIpc) is 2.90. The molecule has 0 atom stereocenters. The van der Waals surface area contributed by atoms with E-state index >= 15 is 0 Å². The lowest BCUT2D eigenvalue weighted by atomic mass is 9.76. The minimum Gasteiger partial charge on any atom is -0.166 e. The van der Waals surface area contributed by atoms with Crippen molar-refractivity contribution in [1.82, 2.24) is 0 Å². The van der Waals surface area contributed by atoms with Crippen LogP contribution in [0.5, 0.6) is 0 Å². The lowest BCUT2D eigenvalue weighted by Gasteiger charge is -2.28. The average molecular weight is 599 g/mol. The Morgan fingerprint density at radius 3 is 0.955 bits per heavy atom. The van der Waals surface area contributed by atoms with E-state index in [0.717, 1.165) is 44.5 Å². The maximum absolute atomic E-state index is 14.8. The van der Waals surface area contributed by atoms with Gasteiger partial charge in [-0.15, -0.1) is 0 Å². The molecule has 4 aromatic carbocycles. The van der Waals surface area contributed by atoms with Gasteiger partial charge in [-0.1, -0.05) is 150 Å². The Morgan fingerprint density at radius 1 is 0.364 bits per heavy atom. The van der Waals surface area contributed by atoms with Crippen LogP contribution in [0.1, 0.15) is 111 Å². The van der Waals surface area contributed by atoms with Crippen molar-refractivity contribution in [2.24, 2.45) is 0 Å². The number of hydrogen-bond acceptors (Lipinski definition) is 0. The minimum absolute atomic E-state index is 0.184. The molecule has 0 aliphatic heterocycles. The fourth-order valence-corrected chi connectivity index (χ4v) is 5.48. The van der Waals surface area contributed by atoms with Crippen molar-refractivity contribution in [2.75, 3.05) is 0 Å². The highest BCUT2D eigenvalue weighted by Gasteiger charge is 2.34. The van der Waals surface area contributed by atoms with E-state index in [4.69, 9.17) is 0 Å². The first-order chi connectivity index (χ1) is 20.0. The number of benzene rings is 4. The summed E-state index contributed by atoms with van der Waals surface area (Å²) in [5.41, 5.74) is 7.52. The summed E-state index contributed by atoms with van der Waals surface area (Å²) in [7, 11) is 0. The molecule has 234 valence electrons. The van der Waals surface area contributed by atoms with Gasteiger partial charge in [0.2, 0.25) is 0 Å². The van der Waals surface area contributed by atoms with Crippen molar-refractivity contribution in [2.45, 2.75) is 111 Å². The molecule has 4 rings (SSSR count). The molecule has 3 heteroatoms. The van der Waals surface area contributed by atoms with Gasteiger partial charge in [0, 0.05) is 0 Å². The Bertz CT molecular complexity index is 1480. The molecule has 0 heterocycles. The highest BCUT2D eigenvalue weighted by molar-refractivity contribution is 5.95. The monoisotopic (exact) mass is 598 g/mol. The van der Waals surface area contributed by atoms with Crippen molar-refractivity contribution in [3.63, 3.8) is 0 Å². The van der Waals surface area contributed by atoms with E-state index in [2.05, 4.69) is 119 Å². The van der Waals surface area contributed by atoms with Crippen molar-refractivity contribution in [3.05, 3.63) is 107 Å². The van der Waals surface area contributed by atoms with E-state index in [1.807, 2.05) is 30.3 Å². The summed E-state index contributed by atoms with van der Waals surface area (Å²) >= 11 is 0. The van der Waals surface area contributed by atoms with E-state index in [-0.39, 0.29) is 21.7 Å². The van der Waals surface area contributed by atoms with Gasteiger partial charge in [0.05, 0.1) is 5.56 Å². The first kappa shape index (κ1) is 33.6. The number of hydrogen-bond donors (Lipinski definition) is 0. The van der Waals surface area contributed by atoms with Crippen LogP contribution in [0.25, 0.3) is 33.4 Å². The van der Waals surface area contributed by atoms with Crippen LogP contribution in [0.2, 0.25) is 0 Å². The van der Waals surface area contributed by atoms with E-state index in [1.54, 1.807) is 0 Å². The third-order valence-corrected chi connectivity index (χ3v) is 8.48. The highest BCUT2D eigenvalue weighted by atomic mass is 19.4. The van der Waals surface area contributed by atoms with Crippen LogP contribution in [-0.2, 0) is 27.8 Å². The zero-order valence-corrected chi connectivity index (χ0v) is 28.6. The first-order valence-electron chi connectivity index (χ1n) is 15.6. The number of halogens is 3. The van der Waals surface area contributed by atoms with Crippen LogP contribution >= 0.6 is 0 Å². The number of alkyl halides is 3. The molecule has 0 saturated heterocycles. The molecule has 0 bridgehead atoms. The molecule has 0 unspecified atom stereocenters. The molecule has 0 N–H and O–H groups in total. The Morgan fingerprint density at radius 2 is 0.682 bits per heavy atom. The lowest BCUT2D eigenvalue weighted by Crippen LogP contribution is -2.17. The van der Waals surface area contributed by atoms with E-state index in [9.17, 15) is 13.2 Å². The molecule has 0 aliphatic rings. The maximum atomic E-state index is 14.8. The third kappa shape index (κ3) is 7.31. The van der Waals surface area contributed by atoms with Gasteiger partial charge < -0.3 is 0 Å². The van der Waals surface area contributed by atoms with E-state index < -0.39 is 11.7 Å². The summed E-state index contributed by atoms with van der Waals surface area (Å²) in [5, 5.41) is 0. The second-order valence-electron chi connectivity index (χ2n) is 16.4. The molecule has 4 aromatic rings. The molecule has 0 nitrogen and oxygen atoms in total. The molecule has 0 aliphatic carbocycles. The molecule has 0 amide bonds. The molecular formula is C41H49F3. The fraction of sp³-hybridized carbons (Fsp3) is 0.415. The summed E-state index contributed by atoms with van der Waals surface area (Å²) in [5.74, 6) is 0. The molecule has 0 radical (unpaired) electrons. The maximum Gasteiger partial charge on any atom is 0.416 e. The zero-order valence-electron chi connectivity index (χ0n) is 28.6. The fourth-order valence-electron chi connectivity index (χ4n) is 5.48. The third-order valence-electron chi connectivity index (χ3n) is 8.48. The molecule has 0 fully saturated rings.